The van der Waals surface area contributed by atoms with Gasteiger partial charge in [0, 0.05) is 24.7 Å². The van der Waals surface area contributed by atoms with Gasteiger partial charge in [-0.3, -0.25) is 10.1 Å². The molecule has 21 heavy (non-hydrogen) atoms. The molecule has 6 heteroatoms. The minimum absolute atomic E-state index is 0.0133. The molecular weight excluding hydrogens is 272 g/mol. The van der Waals surface area contributed by atoms with Crippen LogP contribution in [-0.2, 0) is 0 Å². The first-order chi connectivity index (χ1) is 9.92. The van der Waals surface area contributed by atoms with Crippen LogP contribution in [0.2, 0.25) is 0 Å². The molecule has 0 saturated heterocycles. The average molecular weight is 294 g/mol. The minimum atomic E-state index is -1.14. The van der Waals surface area contributed by atoms with Crippen molar-refractivity contribution in [2.75, 3.05) is 11.4 Å². The maximum Gasteiger partial charge on any atom is 0.338 e. The number of benzene rings is 1. The van der Waals surface area contributed by atoms with Crippen molar-refractivity contribution < 1.29 is 14.8 Å². The number of nitro benzene ring substituents is 1. The average Bonchev–Trinajstić information content (AvgIpc) is 2.46. The Balaban J connectivity index is 3.28. The molecule has 1 aromatic carbocycles. The molecule has 0 spiro atoms. The maximum absolute atomic E-state index is 11.4. The van der Waals surface area contributed by atoms with E-state index in [1.165, 1.54) is 6.07 Å². The topological polar surface area (TPSA) is 83.7 Å². The molecule has 0 aliphatic carbocycles. The van der Waals surface area contributed by atoms with Gasteiger partial charge in [-0.05, 0) is 25.8 Å². The summed E-state index contributed by atoms with van der Waals surface area (Å²) in [6, 6.07) is 4.22. The number of nitro groups is 1. The highest BCUT2D eigenvalue weighted by Crippen LogP contribution is 2.28. The molecule has 0 aliphatic heterocycles. The molecule has 0 bridgehead atoms. The van der Waals surface area contributed by atoms with Crippen molar-refractivity contribution in [3.63, 3.8) is 0 Å². The molecule has 0 aliphatic rings. The molecule has 6 nitrogen and oxygen atoms in total. The smallest absolute Gasteiger partial charge is 0.338 e. The van der Waals surface area contributed by atoms with E-state index in [1.807, 2.05) is 18.7 Å². The van der Waals surface area contributed by atoms with Gasteiger partial charge in [0.2, 0.25) is 0 Å². The van der Waals surface area contributed by atoms with E-state index in [2.05, 4.69) is 6.92 Å². The van der Waals surface area contributed by atoms with Crippen LogP contribution in [-0.4, -0.2) is 28.6 Å². The van der Waals surface area contributed by atoms with E-state index in [0.717, 1.165) is 31.9 Å². The van der Waals surface area contributed by atoms with Crippen molar-refractivity contribution in [1.29, 1.82) is 0 Å². The molecule has 0 saturated carbocycles. The molecule has 0 radical (unpaired) electrons. The molecule has 0 heterocycles. The lowest BCUT2D eigenvalue weighted by Gasteiger charge is -2.31. The Hall–Kier alpha value is -2.11. The number of nitrogens with zero attached hydrogens (tertiary/aromatic N) is 2. The monoisotopic (exact) mass is 294 g/mol. The van der Waals surface area contributed by atoms with Crippen molar-refractivity contribution in [1.82, 2.24) is 0 Å². The summed E-state index contributed by atoms with van der Waals surface area (Å²) in [4.78, 5) is 23.7. The highest BCUT2D eigenvalue weighted by atomic mass is 16.6. The Morgan fingerprint density at radius 2 is 2.10 bits per heavy atom. The van der Waals surface area contributed by atoms with E-state index in [1.54, 1.807) is 6.07 Å². The van der Waals surface area contributed by atoms with Gasteiger partial charge in [-0.15, -0.1) is 0 Å². The molecule has 1 rings (SSSR count). The lowest BCUT2D eigenvalue weighted by atomic mass is 10.1. The van der Waals surface area contributed by atoms with Gasteiger partial charge in [0.15, 0.2) is 0 Å². The van der Waals surface area contributed by atoms with Gasteiger partial charge >= 0.3 is 5.97 Å². The summed E-state index contributed by atoms with van der Waals surface area (Å²) in [6.45, 7) is 6.88. The zero-order chi connectivity index (χ0) is 16.0. The summed E-state index contributed by atoms with van der Waals surface area (Å²) in [5.41, 5.74) is 0.340. The fraction of sp³-hybridized carbons (Fsp3) is 0.533. The predicted molar refractivity (Wildman–Crippen MR) is 82.1 cm³/mol. The maximum atomic E-state index is 11.4. The van der Waals surface area contributed by atoms with Crippen molar-refractivity contribution in [3.8, 4) is 0 Å². The summed E-state index contributed by atoms with van der Waals surface area (Å²) in [5.74, 6) is -1.14. The predicted octanol–water partition coefficient (Wildman–Crippen LogP) is 3.70. The Kier molecular flexibility index (Phi) is 6.14. The zero-order valence-corrected chi connectivity index (χ0v) is 12.7. The van der Waals surface area contributed by atoms with Crippen LogP contribution in [0, 0.1) is 10.1 Å². The van der Waals surface area contributed by atoms with Gasteiger partial charge in [-0.1, -0.05) is 20.3 Å². The van der Waals surface area contributed by atoms with Gasteiger partial charge in [-0.2, -0.15) is 0 Å². The molecule has 116 valence electrons. The molecule has 0 amide bonds. The number of carbonyl (C=O) groups is 1. The Morgan fingerprint density at radius 3 is 2.57 bits per heavy atom. The lowest BCUT2D eigenvalue weighted by molar-refractivity contribution is -0.384. The van der Waals surface area contributed by atoms with E-state index in [0.29, 0.717) is 5.69 Å². The van der Waals surface area contributed by atoms with Crippen LogP contribution in [0.1, 0.15) is 50.4 Å². The van der Waals surface area contributed by atoms with Crippen molar-refractivity contribution >= 4 is 17.3 Å². The second-order valence-electron chi connectivity index (χ2n) is 5.07. The molecule has 1 N–H and O–H groups in total. The Labute approximate surface area is 124 Å². The van der Waals surface area contributed by atoms with E-state index in [9.17, 15) is 20.0 Å². The van der Waals surface area contributed by atoms with Crippen LogP contribution in [0.3, 0.4) is 0 Å². The van der Waals surface area contributed by atoms with E-state index in [4.69, 9.17) is 0 Å². The summed E-state index contributed by atoms with van der Waals surface area (Å²) in [7, 11) is 0. The van der Waals surface area contributed by atoms with Crippen LogP contribution in [0.4, 0.5) is 11.4 Å². The number of hydrogen-bond acceptors (Lipinski definition) is 4. The number of rotatable bonds is 8. The number of non-ortho nitro benzene ring substituents is 1. The largest absolute Gasteiger partial charge is 0.478 e. The second kappa shape index (κ2) is 7.61. The number of carboxylic acid groups (broad SMARTS) is 1. The highest BCUT2D eigenvalue weighted by molar-refractivity contribution is 5.95. The number of anilines is 1. The van der Waals surface area contributed by atoms with Crippen LogP contribution in [0.5, 0.6) is 0 Å². The highest BCUT2D eigenvalue weighted by Gasteiger charge is 2.22. The van der Waals surface area contributed by atoms with E-state index >= 15 is 0 Å². The Morgan fingerprint density at radius 1 is 1.43 bits per heavy atom. The third kappa shape index (κ3) is 4.18. The number of hydrogen-bond donors (Lipinski definition) is 1. The molecule has 0 aromatic heterocycles. The first kappa shape index (κ1) is 16.9. The van der Waals surface area contributed by atoms with Gasteiger partial charge in [-0.25, -0.2) is 4.79 Å². The summed E-state index contributed by atoms with van der Waals surface area (Å²) < 4.78 is 0. The van der Waals surface area contributed by atoms with Gasteiger partial charge in [0.1, 0.15) is 0 Å². The quantitative estimate of drug-likeness (QED) is 0.583. The van der Waals surface area contributed by atoms with Gasteiger partial charge in [0.05, 0.1) is 16.2 Å². The molecule has 1 atom stereocenters. The van der Waals surface area contributed by atoms with Crippen molar-refractivity contribution in [2.45, 2.75) is 46.1 Å². The Bertz CT molecular complexity index is 516. The number of aromatic carboxylic acids is 1. The van der Waals surface area contributed by atoms with Crippen LogP contribution >= 0.6 is 0 Å². The third-order valence-electron chi connectivity index (χ3n) is 3.61. The summed E-state index contributed by atoms with van der Waals surface area (Å²) in [5, 5.41) is 20.2. The minimum Gasteiger partial charge on any atom is -0.478 e. The van der Waals surface area contributed by atoms with Crippen LogP contribution < -0.4 is 4.90 Å². The standard InChI is InChI=1S/C15H22N2O4/c1-4-6-9-16(11(3)5-2)14-8-7-12(17(20)21)10-13(14)15(18)19/h7-8,10-11H,4-6,9H2,1-3H3,(H,18,19). The van der Waals surface area contributed by atoms with Gasteiger partial charge < -0.3 is 10.0 Å². The fourth-order valence-corrected chi connectivity index (χ4v) is 2.19. The second-order valence-corrected chi connectivity index (χ2v) is 5.07. The first-order valence-corrected chi connectivity index (χ1v) is 7.20. The zero-order valence-electron chi connectivity index (χ0n) is 12.7. The summed E-state index contributed by atoms with van der Waals surface area (Å²) in [6.07, 6.45) is 2.82. The number of unbranched alkanes of at least 4 members (excludes halogenated alkanes) is 1. The van der Waals surface area contributed by atoms with Gasteiger partial charge in [0.25, 0.3) is 5.69 Å². The summed E-state index contributed by atoms with van der Waals surface area (Å²) >= 11 is 0. The first-order valence-electron chi connectivity index (χ1n) is 7.20. The van der Waals surface area contributed by atoms with Crippen LogP contribution in [0.15, 0.2) is 18.2 Å². The molecule has 0 fully saturated rings. The SMILES string of the molecule is CCCCN(c1ccc([N+](=O)[O-])cc1C(=O)O)C(C)CC. The molecular formula is C15H22N2O4. The van der Waals surface area contributed by atoms with Crippen molar-refractivity contribution in [2.24, 2.45) is 0 Å². The van der Waals surface area contributed by atoms with E-state index in [-0.39, 0.29) is 17.3 Å². The van der Waals surface area contributed by atoms with Crippen LogP contribution in [0.25, 0.3) is 0 Å². The van der Waals surface area contributed by atoms with Crippen molar-refractivity contribution in [3.05, 3.63) is 33.9 Å². The lowest BCUT2D eigenvalue weighted by Crippen LogP contribution is -2.34. The molecule has 1 unspecified atom stereocenters. The number of carboxylic acids is 1. The molecule has 1 aromatic rings. The third-order valence-corrected chi connectivity index (χ3v) is 3.61. The fourth-order valence-electron chi connectivity index (χ4n) is 2.19. The van der Waals surface area contributed by atoms with E-state index < -0.39 is 10.9 Å². The normalized spacial score (nSPS) is 12.0.